The summed E-state index contributed by atoms with van der Waals surface area (Å²) in [5, 5.41) is 0. The minimum absolute atomic E-state index is 0.308. The number of aromatic nitrogens is 1. The van der Waals surface area contributed by atoms with Gasteiger partial charge in [0.2, 0.25) is 0 Å². The third-order valence-corrected chi connectivity index (χ3v) is 2.98. The Kier molecular flexibility index (Phi) is 2.60. The van der Waals surface area contributed by atoms with Crippen LogP contribution < -0.4 is 17.2 Å². The van der Waals surface area contributed by atoms with Crippen molar-refractivity contribution in [3.8, 4) is 0 Å². The van der Waals surface area contributed by atoms with Crippen molar-refractivity contribution in [1.82, 2.24) is 4.57 Å². The molecule has 0 aliphatic heterocycles. The van der Waals surface area contributed by atoms with Crippen LogP contribution in [0.4, 0.5) is 0 Å². The van der Waals surface area contributed by atoms with E-state index in [2.05, 4.69) is 0 Å². The summed E-state index contributed by atoms with van der Waals surface area (Å²) in [7, 11) is 1.67. The third kappa shape index (κ3) is 1.99. The molecule has 92 valence electrons. The Morgan fingerprint density at radius 3 is 2.65 bits per heavy atom. The predicted molar refractivity (Wildman–Crippen MR) is 66.6 cm³/mol. The zero-order chi connectivity index (χ0) is 12.8. The van der Waals surface area contributed by atoms with Crippen LogP contribution in [0.5, 0.6) is 0 Å². The van der Waals surface area contributed by atoms with Gasteiger partial charge in [-0.25, -0.2) is 4.79 Å². The summed E-state index contributed by atoms with van der Waals surface area (Å²) in [6.45, 7) is 3.73. The Balaban J connectivity index is 2.56. The lowest BCUT2D eigenvalue weighted by Crippen LogP contribution is -2.43. The van der Waals surface area contributed by atoms with Gasteiger partial charge in [-0.3, -0.25) is 4.57 Å². The molecule has 0 radical (unpaired) electrons. The second kappa shape index (κ2) is 3.72. The van der Waals surface area contributed by atoms with Gasteiger partial charge >= 0.3 is 5.76 Å². The highest BCUT2D eigenvalue weighted by atomic mass is 16.4. The molecule has 0 bridgehead atoms. The maximum absolute atomic E-state index is 11.4. The quantitative estimate of drug-likeness (QED) is 0.808. The van der Waals surface area contributed by atoms with E-state index in [1.807, 2.05) is 26.0 Å². The Morgan fingerprint density at radius 1 is 1.41 bits per heavy atom. The first kappa shape index (κ1) is 11.9. The van der Waals surface area contributed by atoms with Crippen molar-refractivity contribution in [2.45, 2.75) is 25.4 Å². The number of nitrogens with two attached hydrogens (primary N) is 2. The van der Waals surface area contributed by atoms with Gasteiger partial charge in [-0.05, 0) is 31.5 Å². The summed E-state index contributed by atoms with van der Waals surface area (Å²) >= 11 is 0. The second-order valence-electron chi connectivity index (χ2n) is 4.95. The van der Waals surface area contributed by atoms with E-state index in [1.54, 1.807) is 13.1 Å². The Morgan fingerprint density at radius 2 is 2.06 bits per heavy atom. The molecule has 1 unspecified atom stereocenters. The molecule has 0 saturated carbocycles. The Hall–Kier alpha value is -1.59. The van der Waals surface area contributed by atoms with E-state index in [-0.39, 0.29) is 11.8 Å². The van der Waals surface area contributed by atoms with Crippen molar-refractivity contribution in [3.05, 3.63) is 34.3 Å². The summed E-state index contributed by atoms with van der Waals surface area (Å²) in [5.41, 5.74) is 13.6. The standard InChI is InChI=1S/C12H17N3O2/c1-12(2,14)10(13)7-4-5-8-9(6-7)17-11(16)15(8)3/h4-6,10H,13-14H2,1-3H3. The molecular weight excluding hydrogens is 218 g/mol. The number of rotatable bonds is 2. The zero-order valence-electron chi connectivity index (χ0n) is 10.2. The van der Waals surface area contributed by atoms with Gasteiger partial charge in [0.25, 0.3) is 0 Å². The van der Waals surface area contributed by atoms with E-state index >= 15 is 0 Å². The number of benzene rings is 1. The molecule has 2 rings (SSSR count). The van der Waals surface area contributed by atoms with Crippen molar-refractivity contribution in [3.63, 3.8) is 0 Å². The van der Waals surface area contributed by atoms with E-state index < -0.39 is 5.54 Å². The molecule has 0 spiro atoms. The molecule has 0 saturated heterocycles. The van der Waals surface area contributed by atoms with E-state index in [4.69, 9.17) is 15.9 Å². The molecule has 0 fully saturated rings. The summed E-state index contributed by atoms with van der Waals surface area (Å²) in [4.78, 5) is 11.4. The minimum Gasteiger partial charge on any atom is -0.408 e. The van der Waals surface area contributed by atoms with Crippen molar-refractivity contribution >= 4 is 11.1 Å². The van der Waals surface area contributed by atoms with Gasteiger partial charge < -0.3 is 15.9 Å². The third-order valence-electron chi connectivity index (χ3n) is 2.98. The molecule has 1 heterocycles. The fraction of sp³-hybridized carbons (Fsp3) is 0.417. The lowest BCUT2D eigenvalue weighted by Gasteiger charge is -2.27. The number of hydrogen-bond donors (Lipinski definition) is 2. The monoisotopic (exact) mass is 235 g/mol. The van der Waals surface area contributed by atoms with E-state index in [0.717, 1.165) is 11.1 Å². The maximum Gasteiger partial charge on any atom is 0.419 e. The molecule has 5 nitrogen and oxygen atoms in total. The average Bonchev–Trinajstić information content (AvgIpc) is 2.52. The number of oxazole rings is 1. The van der Waals surface area contributed by atoms with Crippen LogP contribution >= 0.6 is 0 Å². The zero-order valence-corrected chi connectivity index (χ0v) is 10.2. The van der Waals surface area contributed by atoms with Gasteiger partial charge in [-0.15, -0.1) is 0 Å². The Bertz CT molecular complexity index is 604. The largest absolute Gasteiger partial charge is 0.419 e. The van der Waals surface area contributed by atoms with Crippen LogP contribution in [0.25, 0.3) is 11.1 Å². The SMILES string of the molecule is Cn1c(=O)oc2cc(C(N)C(C)(C)N)ccc21. The minimum atomic E-state index is -0.525. The molecule has 0 aliphatic rings. The van der Waals surface area contributed by atoms with Gasteiger partial charge in [-0.1, -0.05) is 6.07 Å². The average molecular weight is 235 g/mol. The smallest absolute Gasteiger partial charge is 0.408 e. The van der Waals surface area contributed by atoms with Gasteiger partial charge in [-0.2, -0.15) is 0 Å². The van der Waals surface area contributed by atoms with Crippen LogP contribution in [0.15, 0.2) is 27.4 Å². The van der Waals surface area contributed by atoms with Crippen LogP contribution in [-0.4, -0.2) is 10.1 Å². The molecule has 4 N–H and O–H groups in total. The highest BCUT2D eigenvalue weighted by Crippen LogP contribution is 2.24. The first-order valence-corrected chi connectivity index (χ1v) is 5.44. The number of nitrogens with zero attached hydrogens (tertiary/aromatic N) is 1. The normalized spacial score (nSPS) is 14.2. The van der Waals surface area contributed by atoms with Gasteiger partial charge in [0.15, 0.2) is 5.58 Å². The van der Waals surface area contributed by atoms with Crippen LogP contribution in [-0.2, 0) is 7.05 Å². The predicted octanol–water partition coefficient (Wildman–Crippen LogP) is 0.869. The van der Waals surface area contributed by atoms with Crippen LogP contribution in [0.3, 0.4) is 0 Å². The topological polar surface area (TPSA) is 87.2 Å². The maximum atomic E-state index is 11.4. The first-order valence-electron chi connectivity index (χ1n) is 5.44. The highest BCUT2D eigenvalue weighted by Gasteiger charge is 2.23. The van der Waals surface area contributed by atoms with Gasteiger partial charge in [0, 0.05) is 18.6 Å². The lowest BCUT2D eigenvalue weighted by molar-refractivity contribution is 0.420. The fourth-order valence-corrected chi connectivity index (χ4v) is 1.77. The second-order valence-corrected chi connectivity index (χ2v) is 4.95. The summed E-state index contributed by atoms with van der Waals surface area (Å²) in [5.74, 6) is -0.377. The van der Waals surface area contributed by atoms with Gasteiger partial charge in [0.05, 0.1) is 5.52 Å². The summed E-state index contributed by atoms with van der Waals surface area (Å²) in [6.07, 6.45) is 0. The number of fused-ring (bicyclic) bond motifs is 1. The van der Waals surface area contributed by atoms with E-state index in [9.17, 15) is 4.79 Å². The van der Waals surface area contributed by atoms with Crippen molar-refractivity contribution in [1.29, 1.82) is 0 Å². The highest BCUT2D eigenvalue weighted by molar-refractivity contribution is 5.73. The van der Waals surface area contributed by atoms with Crippen LogP contribution in [0, 0.1) is 0 Å². The van der Waals surface area contributed by atoms with Crippen molar-refractivity contribution in [2.75, 3.05) is 0 Å². The molecule has 5 heteroatoms. The summed E-state index contributed by atoms with van der Waals surface area (Å²) < 4.78 is 6.57. The molecule has 0 amide bonds. The molecule has 2 aromatic rings. The summed E-state index contributed by atoms with van der Waals surface area (Å²) in [6, 6.07) is 5.16. The fourth-order valence-electron chi connectivity index (χ4n) is 1.77. The molecule has 0 aliphatic carbocycles. The molecule has 1 aromatic heterocycles. The van der Waals surface area contributed by atoms with Crippen LogP contribution in [0.1, 0.15) is 25.5 Å². The molecular formula is C12H17N3O2. The molecule has 1 aromatic carbocycles. The van der Waals surface area contributed by atoms with E-state index in [1.165, 1.54) is 4.57 Å². The molecule has 1 atom stereocenters. The Labute approximate surface area is 99.0 Å². The first-order chi connectivity index (χ1) is 7.80. The van der Waals surface area contributed by atoms with E-state index in [0.29, 0.717) is 5.58 Å². The number of hydrogen-bond acceptors (Lipinski definition) is 4. The van der Waals surface area contributed by atoms with Crippen LogP contribution in [0.2, 0.25) is 0 Å². The molecule has 17 heavy (non-hydrogen) atoms. The lowest BCUT2D eigenvalue weighted by atomic mass is 9.90. The van der Waals surface area contributed by atoms with Crippen molar-refractivity contribution < 1.29 is 4.42 Å². The van der Waals surface area contributed by atoms with Gasteiger partial charge in [0.1, 0.15) is 0 Å². The van der Waals surface area contributed by atoms with Crippen molar-refractivity contribution in [2.24, 2.45) is 18.5 Å². The number of aryl methyl sites for hydroxylation is 1.